The molecule has 4 heteroatoms. The molecule has 0 amide bonds. The third-order valence-corrected chi connectivity index (χ3v) is 4.92. The van der Waals surface area contributed by atoms with Gasteiger partial charge in [0.1, 0.15) is 11.3 Å². The van der Waals surface area contributed by atoms with Crippen LogP contribution < -0.4 is 0 Å². The van der Waals surface area contributed by atoms with Crippen LogP contribution >= 0.6 is 0 Å². The maximum Gasteiger partial charge on any atom is 0.303 e. The summed E-state index contributed by atoms with van der Waals surface area (Å²) in [5, 5.41) is 9.03. The molecule has 0 bridgehead atoms. The van der Waals surface area contributed by atoms with Crippen molar-refractivity contribution >= 4 is 5.97 Å². The second-order valence-electron chi connectivity index (χ2n) is 7.33. The Morgan fingerprint density at radius 2 is 2.04 bits per heavy atom. The first-order valence-corrected chi connectivity index (χ1v) is 9.33. The van der Waals surface area contributed by atoms with Crippen molar-refractivity contribution in [1.29, 1.82) is 0 Å². The van der Waals surface area contributed by atoms with Crippen LogP contribution in [0.15, 0.2) is 30.3 Å². The fraction of sp³-hybridized carbons (Fsp3) is 0.391. The number of carbonyl (C=O) groups is 1. The molecular formula is C23H25NO3. The van der Waals surface area contributed by atoms with Crippen molar-refractivity contribution in [1.82, 2.24) is 4.98 Å². The molecule has 27 heavy (non-hydrogen) atoms. The van der Waals surface area contributed by atoms with Crippen molar-refractivity contribution in [3.05, 3.63) is 52.8 Å². The van der Waals surface area contributed by atoms with Crippen LogP contribution in [-0.4, -0.2) is 28.3 Å². The Balaban J connectivity index is 2.04. The van der Waals surface area contributed by atoms with Crippen LogP contribution in [0.3, 0.4) is 0 Å². The van der Waals surface area contributed by atoms with Crippen LogP contribution in [0.4, 0.5) is 0 Å². The van der Waals surface area contributed by atoms with Crippen molar-refractivity contribution < 1.29 is 14.6 Å². The van der Waals surface area contributed by atoms with Crippen molar-refractivity contribution in [3.63, 3.8) is 0 Å². The number of aliphatic carboxylic acids is 1. The van der Waals surface area contributed by atoms with Crippen LogP contribution in [-0.2, 0) is 16.0 Å². The monoisotopic (exact) mass is 363 g/mol. The molecular weight excluding hydrogens is 338 g/mol. The predicted molar refractivity (Wildman–Crippen MR) is 106 cm³/mol. The van der Waals surface area contributed by atoms with Gasteiger partial charge in [-0.15, -0.1) is 0 Å². The van der Waals surface area contributed by atoms with Gasteiger partial charge < -0.3 is 9.84 Å². The number of benzene rings is 1. The second kappa shape index (κ2) is 7.94. The third kappa shape index (κ3) is 4.75. The maximum atomic E-state index is 11.0. The molecule has 2 aromatic rings. The second-order valence-corrected chi connectivity index (χ2v) is 7.33. The van der Waals surface area contributed by atoms with Crippen LogP contribution in [0.1, 0.15) is 48.7 Å². The summed E-state index contributed by atoms with van der Waals surface area (Å²) in [6.45, 7) is 6.91. The van der Waals surface area contributed by atoms with Gasteiger partial charge in [0.05, 0.1) is 6.42 Å². The number of ether oxygens (including phenoxy) is 1. The van der Waals surface area contributed by atoms with Gasteiger partial charge in [0.25, 0.3) is 0 Å². The van der Waals surface area contributed by atoms with Crippen molar-refractivity contribution in [3.8, 4) is 23.0 Å². The van der Waals surface area contributed by atoms with Crippen LogP contribution in [0, 0.1) is 25.7 Å². The predicted octanol–water partition coefficient (Wildman–Crippen LogP) is 4.30. The first-order chi connectivity index (χ1) is 12.9. The summed E-state index contributed by atoms with van der Waals surface area (Å²) in [6, 6.07) is 10.2. The lowest BCUT2D eigenvalue weighted by molar-refractivity contribution is -0.136. The molecule has 0 radical (unpaired) electrons. The molecule has 1 aliphatic rings. The molecule has 1 fully saturated rings. The van der Waals surface area contributed by atoms with Gasteiger partial charge in [-0.05, 0) is 73.9 Å². The van der Waals surface area contributed by atoms with Crippen molar-refractivity contribution in [2.75, 3.05) is 6.61 Å². The topological polar surface area (TPSA) is 59.4 Å². The number of carboxylic acids is 1. The molecule has 3 rings (SSSR count). The fourth-order valence-corrected chi connectivity index (χ4v) is 3.50. The fourth-order valence-electron chi connectivity index (χ4n) is 3.50. The zero-order chi connectivity index (χ0) is 19.4. The van der Waals surface area contributed by atoms with Gasteiger partial charge in [0.2, 0.25) is 0 Å². The number of hydrogen-bond donors (Lipinski definition) is 1. The van der Waals surface area contributed by atoms with E-state index in [4.69, 9.17) is 9.84 Å². The minimum Gasteiger partial charge on any atom is -0.481 e. The van der Waals surface area contributed by atoms with Crippen LogP contribution in [0.25, 0.3) is 11.1 Å². The number of hydrogen-bond acceptors (Lipinski definition) is 3. The molecule has 1 saturated heterocycles. The number of rotatable bonds is 4. The number of nitrogens with zero attached hydrogens (tertiary/aromatic N) is 1. The van der Waals surface area contributed by atoms with Gasteiger partial charge in [-0.1, -0.05) is 24.1 Å². The standard InChI is InChI=1S/C23H25NO3/c1-16-6-4-7-17(2)22(16)18-14-19(8-9-21(25)26)24-20(15-18)10-12-23(3)11-5-13-27-23/h4,6-7,14-15H,5,8-9,11,13H2,1-3H3,(H,25,26). The summed E-state index contributed by atoms with van der Waals surface area (Å²) in [5.74, 6) is 5.57. The van der Waals surface area contributed by atoms with Gasteiger partial charge >= 0.3 is 5.97 Å². The van der Waals surface area contributed by atoms with E-state index in [0.29, 0.717) is 12.1 Å². The molecule has 0 aliphatic carbocycles. The molecule has 1 aliphatic heterocycles. The lowest BCUT2D eigenvalue weighted by Gasteiger charge is -2.15. The number of aryl methyl sites for hydroxylation is 3. The molecule has 1 unspecified atom stereocenters. The maximum absolute atomic E-state index is 11.0. The smallest absolute Gasteiger partial charge is 0.303 e. The third-order valence-electron chi connectivity index (χ3n) is 4.92. The highest BCUT2D eigenvalue weighted by molar-refractivity contribution is 5.72. The molecule has 1 aromatic carbocycles. The Bertz CT molecular complexity index is 895. The number of pyridine rings is 1. The SMILES string of the molecule is Cc1cccc(C)c1-c1cc(C#CC2(C)CCCO2)nc(CCC(=O)O)c1. The number of aromatic nitrogens is 1. The van der Waals surface area contributed by atoms with E-state index in [1.165, 1.54) is 11.1 Å². The first kappa shape index (κ1) is 19.1. The van der Waals surface area contributed by atoms with E-state index in [2.05, 4.69) is 42.8 Å². The highest BCUT2D eigenvalue weighted by atomic mass is 16.5. The minimum absolute atomic E-state index is 0.0525. The zero-order valence-corrected chi connectivity index (χ0v) is 16.1. The molecule has 0 spiro atoms. The largest absolute Gasteiger partial charge is 0.481 e. The molecule has 1 N–H and O–H groups in total. The molecule has 2 heterocycles. The van der Waals surface area contributed by atoms with Gasteiger partial charge in [0, 0.05) is 18.7 Å². The lowest BCUT2D eigenvalue weighted by atomic mass is 9.94. The average Bonchev–Trinajstić information content (AvgIpc) is 3.05. The molecule has 140 valence electrons. The number of carboxylic acid groups (broad SMARTS) is 1. The molecule has 1 atom stereocenters. The van der Waals surface area contributed by atoms with E-state index in [0.717, 1.165) is 36.3 Å². The van der Waals surface area contributed by atoms with E-state index in [9.17, 15) is 4.79 Å². The summed E-state index contributed by atoms with van der Waals surface area (Å²) < 4.78 is 5.75. The van der Waals surface area contributed by atoms with Gasteiger partial charge in [0.15, 0.2) is 0 Å². The zero-order valence-electron chi connectivity index (χ0n) is 16.1. The van der Waals surface area contributed by atoms with Crippen LogP contribution in [0.2, 0.25) is 0 Å². The lowest BCUT2D eigenvalue weighted by Crippen LogP contribution is -2.19. The molecule has 4 nitrogen and oxygen atoms in total. The van der Waals surface area contributed by atoms with E-state index in [-0.39, 0.29) is 6.42 Å². The van der Waals surface area contributed by atoms with Crippen molar-refractivity contribution in [2.45, 2.75) is 52.1 Å². The van der Waals surface area contributed by atoms with E-state index < -0.39 is 11.6 Å². The molecule has 1 aromatic heterocycles. The highest BCUT2D eigenvalue weighted by Gasteiger charge is 2.27. The van der Waals surface area contributed by atoms with Crippen molar-refractivity contribution in [2.24, 2.45) is 0 Å². The Kier molecular flexibility index (Phi) is 5.62. The molecule has 0 saturated carbocycles. The van der Waals surface area contributed by atoms with Gasteiger partial charge in [-0.25, -0.2) is 4.98 Å². The first-order valence-electron chi connectivity index (χ1n) is 9.33. The summed E-state index contributed by atoms with van der Waals surface area (Å²) in [4.78, 5) is 15.6. The minimum atomic E-state index is -0.825. The summed E-state index contributed by atoms with van der Waals surface area (Å²) in [6.07, 6.45) is 2.38. The average molecular weight is 363 g/mol. The quantitative estimate of drug-likeness (QED) is 0.823. The summed E-state index contributed by atoms with van der Waals surface area (Å²) in [5.41, 5.74) is 5.53. The summed E-state index contributed by atoms with van der Waals surface area (Å²) in [7, 11) is 0. The van der Waals surface area contributed by atoms with Gasteiger partial charge in [-0.2, -0.15) is 0 Å². The Labute approximate surface area is 160 Å². The van der Waals surface area contributed by atoms with E-state index in [1.54, 1.807) is 0 Å². The Morgan fingerprint density at radius 1 is 1.30 bits per heavy atom. The van der Waals surface area contributed by atoms with Crippen LogP contribution in [0.5, 0.6) is 0 Å². The Hall–Kier alpha value is -2.64. The highest BCUT2D eigenvalue weighted by Crippen LogP contribution is 2.29. The van der Waals surface area contributed by atoms with E-state index in [1.807, 2.05) is 25.1 Å². The van der Waals surface area contributed by atoms with E-state index >= 15 is 0 Å². The Morgan fingerprint density at radius 3 is 2.67 bits per heavy atom. The summed E-state index contributed by atoms with van der Waals surface area (Å²) >= 11 is 0. The normalized spacial score (nSPS) is 18.8. The van der Waals surface area contributed by atoms with Gasteiger partial charge in [-0.3, -0.25) is 4.79 Å².